The third kappa shape index (κ3) is 4.49. The van der Waals surface area contributed by atoms with Gasteiger partial charge in [-0.15, -0.1) is 0 Å². The molecule has 0 heterocycles. The summed E-state index contributed by atoms with van der Waals surface area (Å²) in [6, 6.07) is 0. The van der Waals surface area contributed by atoms with Crippen molar-refractivity contribution in [2.24, 2.45) is 28.5 Å². The highest BCUT2D eigenvalue weighted by Crippen LogP contribution is 2.35. The van der Waals surface area contributed by atoms with Crippen molar-refractivity contribution in [2.45, 2.75) is 33.6 Å². The second-order valence-electron chi connectivity index (χ2n) is 4.82. The maximum Gasteiger partial charge on any atom is 0.188 e. The van der Waals surface area contributed by atoms with E-state index in [9.17, 15) is 0 Å². The highest BCUT2D eigenvalue weighted by molar-refractivity contribution is 5.77. The molecular formula is C11H23N3. The molecule has 1 rings (SSSR count). The first kappa shape index (κ1) is 11.3. The molecule has 0 aromatic heterocycles. The number of rotatable bonds is 5. The smallest absolute Gasteiger partial charge is 0.188 e. The van der Waals surface area contributed by atoms with E-state index in [1.807, 2.05) is 0 Å². The SMILES string of the molecule is CC(C)CN=C(N)NCC(C)C1CC1. The largest absolute Gasteiger partial charge is 0.370 e. The van der Waals surface area contributed by atoms with E-state index in [2.05, 4.69) is 31.1 Å². The average Bonchev–Trinajstić information content (AvgIpc) is 2.93. The molecule has 0 spiro atoms. The molecule has 1 fully saturated rings. The maximum atomic E-state index is 5.73. The maximum absolute atomic E-state index is 5.73. The third-order valence-corrected chi connectivity index (χ3v) is 2.66. The number of aliphatic imine (C=N–C) groups is 1. The van der Waals surface area contributed by atoms with Crippen molar-refractivity contribution in [3.8, 4) is 0 Å². The molecule has 0 saturated heterocycles. The summed E-state index contributed by atoms with van der Waals surface area (Å²) < 4.78 is 0. The van der Waals surface area contributed by atoms with Gasteiger partial charge in [-0.2, -0.15) is 0 Å². The Morgan fingerprint density at radius 1 is 1.43 bits per heavy atom. The molecule has 0 aromatic rings. The Balaban J connectivity index is 2.12. The fourth-order valence-corrected chi connectivity index (χ4v) is 1.43. The summed E-state index contributed by atoms with van der Waals surface area (Å²) in [5, 5.41) is 3.19. The van der Waals surface area contributed by atoms with Gasteiger partial charge in [0.05, 0.1) is 0 Å². The Morgan fingerprint density at radius 3 is 2.57 bits per heavy atom. The van der Waals surface area contributed by atoms with Crippen LogP contribution >= 0.6 is 0 Å². The van der Waals surface area contributed by atoms with E-state index in [1.165, 1.54) is 12.8 Å². The Kier molecular flexibility index (Phi) is 4.23. The van der Waals surface area contributed by atoms with Crippen molar-refractivity contribution in [3.63, 3.8) is 0 Å². The molecular weight excluding hydrogens is 174 g/mol. The van der Waals surface area contributed by atoms with Gasteiger partial charge in [-0.1, -0.05) is 20.8 Å². The van der Waals surface area contributed by atoms with Crippen molar-refractivity contribution < 1.29 is 0 Å². The fraction of sp³-hybridized carbons (Fsp3) is 0.909. The standard InChI is InChI=1S/C11H23N3/c1-8(2)6-13-11(12)14-7-9(3)10-4-5-10/h8-10H,4-7H2,1-3H3,(H3,12,13,14). The molecule has 0 aromatic carbocycles. The quantitative estimate of drug-likeness (QED) is 0.519. The van der Waals surface area contributed by atoms with Crippen molar-refractivity contribution in [1.29, 1.82) is 0 Å². The first-order valence-corrected chi connectivity index (χ1v) is 5.63. The van der Waals surface area contributed by atoms with E-state index in [4.69, 9.17) is 5.73 Å². The zero-order valence-corrected chi connectivity index (χ0v) is 9.59. The summed E-state index contributed by atoms with van der Waals surface area (Å²) in [6.07, 6.45) is 2.79. The van der Waals surface area contributed by atoms with E-state index in [-0.39, 0.29) is 0 Å². The van der Waals surface area contributed by atoms with Crippen LogP contribution in [0.3, 0.4) is 0 Å². The highest BCUT2D eigenvalue weighted by atomic mass is 15.1. The number of nitrogens with one attached hydrogen (secondary N) is 1. The van der Waals surface area contributed by atoms with Crippen LogP contribution < -0.4 is 11.1 Å². The van der Waals surface area contributed by atoms with Crippen molar-refractivity contribution in [3.05, 3.63) is 0 Å². The molecule has 1 unspecified atom stereocenters. The highest BCUT2D eigenvalue weighted by Gasteiger charge is 2.27. The lowest BCUT2D eigenvalue weighted by Crippen LogP contribution is -2.35. The Bertz CT molecular complexity index is 195. The van der Waals surface area contributed by atoms with Gasteiger partial charge in [0, 0.05) is 13.1 Å². The molecule has 1 saturated carbocycles. The molecule has 3 nitrogen and oxygen atoms in total. The van der Waals surface area contributed by atoms with Gasteiger partial charge in [0.25, 0.3) is 0 Å². The molecule has 14 heavy (non-hydrogen) atoms. The second kappa shape index (κ2) is 5.23. The van der Waals surface area contributed by atoms with Crippen LogP contribution in [0.1, 0.15) is 33.6 Å². The molecule has 1 aliphatic carbocycles. The molecule has 0 amide bonds. The average molecular weight is 197 g/mol. The second-order valence-corrected chi connectivity index (χ2v) is 4.82. The molecule has 3 N–H and O–H groups in total. The first-order chi connectivity index (χ1) is 6.59. The summed E-state index contributed by atoms with van der Waals surface area (Å²) in [4.78, 5) is 4.26. The topological polar surface area (TPSA) is 50.4 Å². The van der Waals surface area contributed by atoms with Gasteiger partial charge in [0.15, 0.2) is 5.96 Å². The van der Waals surface area contributed by atoms with Crippen LogP contribution in [-0.2, 0) is 0 Å². The van der Waals surface area contributed by atoms with E-state index in [1.54, 1.807) is 0 Å². The van der Waals surface area contributed by atoms with Crippen molar-refractivity contribution >= 4 is 5.96 Å². The zero-order chi connectivity index (χ0) is 10.6. The van der Waals surface area contributed by atoms with E-state index < -0.39 is 0 Å². The van der Waals surface area contributed by atoms with Crippen LogP contribution in [0.4, 0.5) is 0 Å². The summed E-state index contributed by atoms with van der Waals surface area (Å²) >= 11 is 0. The monoisotopic (exact) mass is 197 g/mol. The van der Waals surface area contributed by atoms with E-state index >= 15 is 0 Å². The molecule has 1 aliphatic rings. The van der Waals surface area contributed by atoms with E-state index in [0.717, 1.165) is 24.9 Å². The van der Waals surface area contributed by atoms with Crippen LogP contribution in [0.15, 0.2) is 4.99 Å². The van der Waals surface area contributed by atoms with Crippen LogP contribution in [-0.4, -0.2) is 19.0 Å². The van der Waals surface area contributed by atoms with Gasteiger partial charge in [-0.05, 0) is 30.6 Å². The zero-order valence-electron chi connectivity index (χ0n) is 9.59. The lowest BCUT2D eigenvalue weighted by Gasteiger charge is -2.12. The van der Waals surface area contributed by atoms with E-state index in [0.29, 0.717) is 11.9 Å². The molecule has 1 atom stereocenters. The van der Waals surface area contributed by atoms with Gasteiger partial charge < -0.3 is 11.1 Å². The molecule has 82 valence electrons. The number of nitrogens with two attached hydrogens (primary N) is 1. The van der Waals surface area contributed by atoms with Crippen molar-refractivity contribution in [2.75, 3.05) is 13.1 Å². The molecule has 0 aliphatic heterocycles. The van der Waals surface area contributed by atoms with Gasteiger partial charge in [-0.25, -0.2) is 0 Å². The van der Waals surface area contributed by atoms with Crippen LogP contribution in [0.25, 0.3) is 0 Å². The lowest BCUT2D eigenvalue weighted by molar-refractivity contribution is 0.498. The Hall–Kier alpha value is -0.730. The number of hydrogen-bond donors (Lipinski definition) is 2. The van der Waals surface area contributed by atoms with Gasteiger partial charge >= 0.3 is 0 Å². The normalized spacial score (nSPS) is 19.9. The number of guanidine groups is 1. The predicted molar refractivity (Wildman–Crippen MR) is 61.2 cm³/mol. The minimum atomic E-state index is 0.580. The molecule has 0 radical (unpaired) electrons. The minimum absolute atomic E-state index is 0.580. The molecule has 3 heteroatoms. The summed E-state index contributed by atoms with van der Waals surface area (Å²) in [5.74, 6) is 2.85. The first-order valence-electron chi connectivity index (χ1n) is 5.63. The fourth-order valence-electron chi connectivity index (χ4n) is 1.43. The summed E-state index contributed by atoms with van der Waals surface area (Å²) in [5.41, 5.74) is 5.73. The van der Waals surface area contributed by atoms with Gasteiger partial charge in [0.1, 0.15) is 0 Å². The minimum Gasteiger partial charge on any atom is -0.370 e. The van der Waals surface area contributed by atoms with Crippen LogP contribution in [0, 0.1) is 17.8 Å². The molecule has 0 bridgehead atoms. The van der Waals surface area contributed by atoms with Gasteiger partial charge in [0.2, 0.25) is 0 Å². The third-order valence-electron chi connectivity index (χ3n) is 2.66. The number of nitrogens with zero attached hydrogens (tertiary/aromatic N) is 1. The summed E-state index contributed by atoms with van der Waals surface area (Å²) in [7, 11) is 0. The number of hydrogen-bond acceptors (Lipinski definition) is 1. The Morgan fingerprint density at radius 2 is 2.07 bits per heavy atom. The lowest BCUT2D eigenvalue weighted by atomic mass is 10.1. The van der Waals surface area contributed by atoms with Crippen LogP contribution in [0.2, 0.25) is 0 Å². The van der Waals surface area contributed by atoms with Crippen molar-refractivity contribution in [1.82, 2.24) is 5.32 Å². The predicted octanol–water partition coefficient (Wildman–Crippen LogP) is 1.59. The van der Waals surface area contributed by atoms with Crippen LogP contribution in [0.5, 0.6) is 0 Å². The van der Waals surface area contributed by atoms with Gasteiger partial charge in [-0.3, -0.25) is 4.99 Å². The Labute approximate surface area is 87.2 Å². The summed E-state index contributed by atoms with van der Waals surface area (Å²) in [6.45, 7) is 8.35.